The van der Waals surface area contributed by atoms with E-state index >= 15 is 0 Å². The fourth-order valence-corrected chi connectivity index (χ4v) is 5.38. The number of methoxy groups -OCH3 is 3. The van der Waals surface area contributed by atoms with Gasteiger partial charge in [0.2, 0.25) is 0 Å². The van der Waals surface area contributed by atoms with Crippen molar-refractivity contribution in [3.05, 3.63) is 53.6 Å². The van der Waals surface area contributed by atoms with Crippen LogP contribution in [0.2, 0.25) is 0 Å². The van der Waals surface area contributed by atoms with Gasteiger partial charge in [0.25, 0.3) is 0 Å². The van der Waals surface area contributed by atoms with Crippen LogP contribution in [0.3, 0.4) is 0 Å². The highest BCUT2D eigenvalue weighted by atomic mass is 31.2. The molecule has 0 heterocycles. The Kier molecular flexibility index (Phi) is 8.57. The SMILES string of the molecule is CCOP(=O)(OCC)[C@@H](C)[C@@H](c1ccc(OC)cc1)c1ccc(OC)cc1OC. The van der Waals surface area contributed by atoms with E-state index in [1.54, 1.807) is 21.3 Å². The van der Waals surface area contributed by atoms with Crippen LogP contribution in [0.25, 0.3) is 0 Å². The van der Waals surface area contributed by atoms with Gasteiger partial charge in [-0.05, 0) is 37.6 Å². The monoisotopic (exact) mass is 422 g/mol. The third-order valence-corrected chi connectivity index (χ3v) is 7.38. The molecule has 2 atom stereocenters. The van der Waals surface area contributed by atoms with E-state index in [-0.39, 0.29) is 5.92 Å². The Labute approximate surface area is 173 Å². The van der Waals surface area contributed by atoms with Crippen molar-refractivity contribution in [3.63, 3.8) is 0 Å². The third kappa shape index (κ3) is 5.33. The molecule has 0 aliphatic carbocycles. The summed E-state index contributed by atoms with van der Waals surface area (Å²) in [6.45, 7) is 6.13. The molecule has 160 valence electrons. The molecule has 0 saturated carbocycles. The van der Waals surface area contributed by atoms with Crippen molar-refractivity contribution in [1.82, 2.24) is 0 Å². The van der Waals surface area contributed by atoms with Crippen molar-refractivity contribution in [1.29, 1.82) is 0 Å². The second-order valence-corrected chi connectivity index (χ2v) is 8.89. The van der Waals surface area contributed by atoms with Gasteiger partial charge in [-0.15, -0.1) is 0 Å². The van der Waals surface area contributed by atoms with Crippen LogP contribution in [0, 0.1) is 0 Å². The molecule has 0 amide bonds. The quantitative estimate of drug-likeness (QED) is 0.446. The summed E-state index contributed by atoms with van der Waals surface area (Å²) in [6.07, 6.45) is 0. The second kappa shape index (κ2) is 10.7. The summed E-state index contributed by atoms with van der Waals surface area (Å²) in [5.41, 5.74) is 1.39. The highest BCUT2D eigenvalue weighted by Gasteiger charge is 2.40. The van der Waals surface area contributed by atoms with Gasteiger partial charge in [0.05, 0.1) is 40.2 Å². The molecule has 0 spiro atoms. The smallest absolute Gasteiger partial charge is 0.334 e. The number of ether oxygens (including phenoxy) is 3. The molecule has 0 fully saturated rings. The lowest BCUT2D eigenvalue weighted by molar-refractivity contribution is 0.211. The molecular formula is C22H31O6P. The van der Waals surface area contributed by atoms with Crippen LogP contribution in [0.15, 0.2) is 42.5 Å². The molecule has 0 aromatic heterocycles. The first kappa shape index (κ1) is 23.3. The van der Waals surface area contributed by atoms with Crippen LogP contribution in [-0.4, -0.2) is 40.2 Å². The first-order valence-corrected chi connectivity index (χ1v) is 11.3. The summed E-state index contributed by atoms with van der Waals surface area (Å²) in [4.78, 5) is 0. The minimum atomic E-state index is -3.38. The molecule has 0 aliphatic rings. The van der Waals surface area contributed by atoms with Gasteiger partial charge in [-0.1, -0.05) is 25.1 Å². The maximum Gasteiger partial charge on any atom is 0.334 e. The van der Waals surface area contributed by atoms with Gasteiger partial charge >= 0.3 is 7.60 Å². The molecule has 7 heteroatoms. The Morgan fingerprint density at radius 2 is 1.38 bits per heavy atom. The fourth-order valence-electron chi connectivity index (χ4n) is 3.42. The predicted molar refractivity (Wildman–Crippen MR) is 115 cm³/mol. The van der Waals surface area contributed by atoms with Crippen molar-refractivity contribution in [3.8, 4) is 17.2 Å². The molecule has 0 bridgehead atoms. The highest BCUT2D eigenvalue weighted by Crippen LogP contribution is 2.59. The van der Waals surface area contributed by atoms with E-state index in [0.717, 1.165) is 16.9 Å². The topological polar surface area (TPSA) is 63.2 Å². The summed E-state index contributed by atoms with van der Waals surface area (Å²) in [7, 11) is 1.46. The molecule has 2 aromatic carbocycles. The fraction of sp³-hybridized carbons (Fsp3) is 0.455. The van der Waals surface area contributed by atoms with Gasteiger partial charge in [0, 0.05) is 17.5 Å². The van der Waals surface area contributed by atoms with Gasteiger partial charge in [0.1, 0.15) is 17.2 Å². The van der Waals surface area contributed by atoms with Crippen LogP contribution in [-0.2, 0) is 13.6 Å². The van der Waals surface area contributed by atoms with Crippen molar-refractivity contribution in [2.45, 2.75) is 32.3 Å². The minimum Gasteiger partial charge on any atom is -0.497 e. The average molecular weight is 422 g/mol. The van der Waals surface area contributed by atoms with Crippen molar-refractivity contribution in [2.24, 2.45) is 0 Å². The Hall–Kier alpha value is -2.01. The predicted octanol–water partition coefficient (Wildman–Crippen LogP) is 5.50. The summed E-state index contributed by atoms with van der Waals surface area (Å²) >= 11 is 0. The molecule has 0 unspecified atom stereocenters. The molecule has 2 rings (SSSR count). The van der Waals surface area contributed by atoms with Crippen LogP contribution < -0.4 is 14.2 Å². The highest BCUT2D eigenvalue weighted by molar-refractivity contribution is 7.54. The van der Waals surface area contributed by atoms with E-state index < -0.39 is 13.3 Å². The normalized spacial score (nSPS) is 13.6. The standard InChI is InChI=1S/C22H31O6P/c1-7-27-29(23,28-8-2)16(3)22(17-9-11-18(24-4)12-10-17)20-14-13-19(25-5)15-21(20)26-6/h9-16,22H,7-8H2,1-6H3/t16-,22-/m0/s1. The Bertz CT molecular complexity index is 811. The van der Waals surface area contributed by atoms with Crippen molar-refractivity contribution >= 4 is 7.60 Å². The summed E-state index contributed by atoms with van der Waals surface area (Å²) in [5, 5.41) is 0. The summed E-state index contributed by atoms with van der Waals surface area (Å²) in [5.74, 6) is 1.80. The van der Waals surface area contributed by atoms with E-state index in [4.69, 9.17) is 23.3 Å². The largest absolute Gasteiger partial charge is 0.497 e. The zero-order valence-electron chi connectivity index (χ0n) is 18.0. The molecule has 0 N–H and O–H groups in total. The maximum absolute atomic E-state index is 13.6. The minimum absolute atomic E-state index is 0.286. The van der Waals surface area contributed by atoms with Crippen molar-refractivity contribution in [2.75, 3.05) is 34.5 Å². The van der Waals surface area contributed by atoms with Crippen molar-refractivity contribution < 1.29 is 27.8 Å². The van der Waals surface area contributed by atoms with Gasteiger partial charge in [-0.3, -0.25) is 4.57 Å². The van der Waals surface area contributed by atoms with E-state index in [0.29, 0.717) is 24.7 Å². The lowest BCUT2D eigenvalue weighted by Gasteiger charge is -2.31. The summed E-state index contributed by atoms with van der Waals surface area (Å²) < 4.78 is 41.2. The lowest BCUT2D eigenvalue weighted by atomic mass is 9.88. The van der Waals surface area contributed by atoms with Gasteiger partial charge in [-0.2, -0.15) is 0 Å². The molecule has 0 radical (unpaired) electrons. The molecular weight excluding hydrogens is 391 g/mol. The number of hydrogen-bond acceptors (Lipinski definition) is 6. The third-order valence-electron chi connectivity index (χ3n) is 4.85. The number of benzene rings is 2. The van der Waals surface area contributed by atoms with Crippen LogP contribution in [0.1, 0.15) is 37.8 Å². The zero-order valence-corrected chi connectivity index (χ0v) is 18.9. The lowest BCUT2D eigenvalue weighted by Crippen LogP contribution is -2.21. The average Bonchev–Trinajstić information content (AvgIpc) is 2.74. The molecule has 0 saturated heterocycles. The Balaban J connectivity index is 2.64. The van der Waals surface area contributed by atoms with Gasteiger partial charge < -0.3 is 23.3 Å². The van der Waals surface area contributed by atoms with E-state index in [1.165, 1.54) is 0 Å². The van der Waals surface area contributed by atoms with Gasteiger partial charge in [0.15, 0.2) is 0 Å². The maximum atomic E-state index is 13.6. The first-order valence-electron chi connectivity index (χ1n) is 9.68. The van der Waals surface area contributed by atoms with E-state index in [2.05, 4.69) is 0 Å². The molecule has 0 aliphatic heterocycles. The Morgan fingerprint density at radius 3 is 1.86 bits per heavy atom. The zero-order chi connectivity index (χ0) is 21.4. The van der Waals surface area contributed by atoms with E-state index in [9.17, 15) is 4.57 Å². The van der Waals surface area contributed by atoms with Crippen LogP contribution in [0.4, 0.5) is 0 Å². The second-order valence-electron chi connectivity index (χ2n) is 6.47. The van der Waals surface area contributed by atoms with Crippen LogP contribution >= 0.6 is 7.60 Å². The first-order chi connectivity index (χ1) is 13.9. The van der Waals surface area contributed by atoms with Crippen LogP contribution in [0.5, 0.6) is 17.2 Å². The molecule has 6 nitrogen and oxygen atoms in total. The molecule has 2 aromatic rings. The summed E-state index contributed by atoms with van der Waals surface area (Å²) in [6, 6.07) is 13.3. The van der Waals surface area contributed by atoms with E-state index in [1.807, 2.05) is 63.2 Å². The van der Waals surface area contributed by atoms with Gasteiger partial charge in [-0.25, -0.2) is 0 Å². The molecule has 29 heavy (non-hydrogen) atoms. The number of rotatable bonds is 11. The number of hydrogen-bond donors (Lipinski definition) is 0. The Morgan fingerprint density at radius 1 is 0.828 bits per heavy atom.